The van der Waals surface area contributed by atoms with Gasteiger partial charge < -0.3 is 15.2 Å². The molecule has 32 heavy (non-hydrogen) atoms. The Labute approximate surface area is 205 Å². The van der Waals surface area contributed by atoms with E-state index in [-0.39, 0.29) is 38.2 Å². The number of aliphatic hydroxyl groups excluding tert-OH is 2. The summed E-state index contributed by atoms with van der Waals surface area (Å²) >= 11 is 0. The fourth-order valence-corrected chi connectivity index (χ4v) is 5.46. The Morgan fingerprint density at radius 2 is 1.66 bits per heavy atom. The average molecular weight is 609 g/mol. The fourth-order valence-electron chi connectivity index (χ4n) is 5.46. The van der Waals surface area contributed by atoms with Gasteiger partial charge in [0, 0.05) is 32.2 Å². The topological polar surface area (TPSA) is 53.4 Å². The third-order valence-corrected chi connectivity index (χ3v) is 7.44. The third kappa shape index (κ3) is 5.48. The second-order valence-electron chi connectivity index (χ2n) is 9.31. The first-order chi connectivity index (χ1) is 15.1. The number of nitrogens with zero attached hydrogens (tertiary/aromatic N) is 1. The molecule has 4 heteroatoms. The molecule has 2 aliphatic carbocycles. The molecule has 0 saturated heterocycles. The number of rotatable bonds is 2. The predicted octanol–water partition coefficient (Wildman–Crippen LogP) is 5.89. The van der Waals surface area contributed by atoms with Gasteiger partial charge in [-0.25, -0.2) is 0 Å². The van der Waals surface area contributed by atoms with Crippen molar-refractivity contribution in [1.29, 1.82) is 0 Å². The summed E-state index contributed by atoms with van der Waals surface area (Å²) in [6.45, 7) is 4.26. The summed E-state index contributed by atoms with van der Waals surface area (Å²) < 4.78 is 0. The molecule has 3 nitrogen and oxygen atoms in total. The Morgan fingerprint density at radius 3 is 2.38 bits per heavy atom. The van der Waals surface area contributed by atoms with Gasteiger partial charge in [0.05, 0.1) is 12.2 Å². The summed E-state index contributed by atoms with van der Waals surface area (Å²) in [6.07, 6.45) is 7.13. The normalized spacial score (nSPS) is 29.2. The SMILES string of the molecule is CC[C@H]1CCC2CC[C@H](C)C(O)C2C1O.[Ir].[c-]1ccccc1-c1cc2ccccc2cn1. The van der Waals surface area contributed by atoms with E-state index in [4.69, 9.17) is 0 Å². The average Bonchev–Trinajstić information content (AvgIpc) is 2.82. The van der Waals surface area contributed by atoms with Crippen LogP contribution in [0.15, 0.2) is 60.8 Å². The minimum Gasteiger partial charge on any atom is -0.392 e. The van der Waals surface area contributed by atoms with Crippen molar-refractivity contribution in [2.24, 2.45) is 23.7 Å². The van der Waals surface area contributed by atoms with E-state index >= 15 is 0 Å². The van der Waals surface area contributed by atoms with Crippen LogP contribution in [-0.4, -0.2) is 27.4 Å². The van der Waals surface area contributed by atoms with Crippen LogP contribution in [-0.2, 0) is 20.1 Å². The Hall–Kier alpha value is -1.58. The number of aliphatic hydroxyl groups is 2. The molecule has 0 spiro atoms. The minimum atomic E-state index is -0.270. The molecule has 2 aromatic carbocycles. The first kappa shape index (κ1) is 25.0. The molecule has 2 fully saturated rings. The maximum atomic E-state index is 10.3. The van der Waals surface area contributed by atoms with Gasteiger partial charge in [-0.1, -0.05) is 50.6 Å². The number of hydrogen-bond donors (Lipinski definition) is 2. The van der Waals surface area contributed by atoms with E-state index in [1.807, 2.05) is 42.6 Å². The van der Waals surface area contributed by atoms with E-state index in [2.05, 4.69) is 43.1 Å². The molecule has 2 saturated carbocycles. The monoisotopic (exact) mass is 609 g/mol. The standard InChI is InChI=1S/C15H10N.C13H24O2.Ir/c1-2-6-12(7-3-1)15-10-13-8-4-5-9-14(13)11-16-15;1-3-9-6-7-10-5-4-8(2)12(14)11(10)13(9)15;/h1-6,8-11H;8-15H,3-7H2,1-2H3;/q-1;;/t;8-,9-,10?,11?,12?,13?;/m.0./s1. The van der Waals surface area contributed by atoms with Crippen LogP contribution in [0.4, 0.5) is 0 Å². The number of benzene rings is 2. The van der Waals surface area contributed by atoms with Gasteiger partial charge in [-0.15, -0.1) is 35.9 Å². The molecule has 2 N–H and O–H groups in total. The molecule has 6 atom stereocenters. The van der Waals surface area contributed by atoms with Crippen LogP contribution in [0.1, 0.15) is 46.0 Å². The quantitative estimate of drug-likeness (QED) is 0.357. The van der Waals surface area contributed by atoms with Gasteiger partial charge in [0.25, 0.3) is 0 Å². The van der Waals surface area contributed by atoms with E-state index in [0.29, 0.717) is 17.8 Å². The number of pyridine rings is 1. The first-order valence-electron chi connectivity index (χ1n) is 11.8. The van der Waals surface area contributed by atoms with Crippen molar-refractivity contribution in [2.45, 2.75) is 58.2 Å². The zero-order chi connectivity index (χ0) is 21.8. The molecular formula is C28H34IrNO2-. The van der Waals surface area contributed by atoms with Crippen molar-refractivity contribution >= 4 is 10.8 Å². The summed E-state index contributed by atoms with van der Waals surface area (Å²) in [7, 11) is 0. The van der Waals surface area contributed by atoms with Crippen LogP contribution >= 0.6 is 0 Å². The maximum absolute atomic E-state index is 10.3. The van der Waals surface area contributed by atoms with E-state index in [1.54, 1.807) is 0 Å². The van der Waals surface area contributed by atoms with Crippen LogP contribution in [0, 0.1) is 29.7 Å². The molecule has 0 aliphatic heterocycles. The van der Waals surface area contributed by atoms with Crippen LogP contribution in [0.5, 0.6) is 0 Å². The van der Waals surface area contributed by atoms with Crippen molar-refractivity contribution in [3.63, 3.8) is 0 Å². The molecule has 1 radical (unpaired) electrons. The summed E-state index contributed by atoms with van der Waals surface area (Å²) in [5.74, 6) is 1.53. The molecule has 5 rings (SSSR count). The summed E-state index contributed by atoms with van der Waals surface area (Å²) in [6, 6.07) is 21.4. The number of hydrogen-bond acceptors (Lipinski definition) is 3. The Morgan fingerprint density at radius 1 is 0.938 bits per heavy atom. The summed E-state index contributed by atoms with van der Waals surface area (Å²) in [4.78, 5) is 4.45. The Balaban J connectivity index is 0.000000176. The van der Waals surface area contributed by atoms with Gasteiger partial charge in [-0.05, 0) is 59.9 Å². The van der Waals surface area contributed by atoms with Gasteiger partial charge >= 0.3 is 0 Å². The van der Waals surface area contributed by atoms with Gasteiger partial charge in [-0.2, -0.15) is 0 Å². The molecule has 3 aromatic rings. The van der Waals surface area contributed by atoms with E-state index in [0.717, 1.165) is 30.5 Å². The van der Waals surface area contributed by atoms with E-state index < -0.39 is 0 Å². The predicted molar refractivity (Wildman–Crippen MR) is 126 cm³/mol. The van der Waals surface area contributed by atoms with Gasteiger partial charge in [-0.3, -0.25) is 0 Å². The van der Waals surface area contributed by atoms with Crippen molar-refractivity contribution < 1.29 is 30.3 Å². The summed E-state index contributed by atoms with van der Waals surface area (Å²) in [5.41, 5.74) is 2.01. The van der Waals surface area contributed by atoms with E-state index in [1.165, 1.54) is 23.6 Å². The maximum Gasteiger partial charge on any atom is 0.0623 e. The summed E-state index contributed by atoms with van der Waals surface area (Å²) in [5, 5.41) is 22.9. The van der Waals surface area contributed by atoms with Crippen LogP contribution in [0.2, 0.25) is 0 Å². The van der Waals surface area contributed by atoms with Crippen LogP contribution in [0.25, 0.3) is 22.0 Å². The zero-order valence-corrected chi connectivity index (χ0v) is 21.3. The Kier molecular flexibility index (Phi) is 9.02. The van der Waals surface area contributed by atoms with Gasteiger partial charge in [0.1, 0.15) is 0 Å². The Bertz CT molecular complexity index is 977. The van der Waals surface area contributed by atoms with Gasteiger partial charge in [0.15, 0.2) is 0 Å². The molecule has 0 amide bonds. The minimum absolute atomic E-state index is 0. The second kappa shape index (κ2) is 11.5. The van der Waals surface area contributed by atoms with Crippen molar-refractivity contribution in [3.8, 4) is 11.3 Å². The smallest absolute Gasteiger partial charge is 0.0623 e. The van der Waals surface area contributed by atoms with Crippen LogP contribution < -0.4 is 0 Å². The molecular weight excluding hydrogens is 575 g/mol. The molecule has 2 aliphatic rings. The van der Waals surface area contributed by atoms with Crippen molar-refractivity contribution in [1.82, 2.24) is 4.98 Å². The molecule has 1 aromatic heterocycles. The first-order valence-corrected chi connectivity index (χ1v) is 11.8. The third-order valence-electron chi connectivity index (χ3n) is 7.44. The van der Waals surface area contributed by atoms with Gasteiger partial charge in [0.2, 0.25) is 0 Å². The van der Waals surface area contributed by atoms with E-state index in [9.17, 15) is 10.2 Å². The second-order valence-corrected chi connectivity index (χ2v) is 9.31. The fraction of sp³-hybridized carbons (Fsp3) is 0.464. The number of aromatic nitrogens is 1. The molecule has 1 heterocycles. The van der Waals surface area contributed by atoms with Crippen LogP contribution in [0.3, 0.4) is 0 Å². The molecule has 173 valence electrons. The number of fused-ring (bicyclic) bond motifs is 2. The zero-order valence-electron chi connectivity index (χ0n) is 18.9. The molecule has 0 bridgehead atoms. The van der Waals surface area contributed by atoms with Crippen molar-refractivity contribution in [3.05, 3.63) is 66.9 Å². The van der Waals surface area contributed by atoms with Crippen molar-refractivity contribution in [2.75, 3.05) is 0 Å². The molecule has 4 unspecified atom stereocenters. The largest absolute Gasteiger partial charge is 0.392 e.